The van der Waals surface area contributed by atoms with E-state index in [1.807, 2.05) is 0 Å². The Kier molecular flexibility index (Phi) is 5.80. The molecular formula is C15H24N4O2. The SMILES string of the molecule is C=CCNc1nc(C2CCCO2)nc(OCCCC)c1N. The number of ether oxygens (including phenoxy) is 2. The summed E-state index contributed by atoms with van der Waals surface area (Å²) >= 11 is 0. The van der Waals surface area contributed by atoms with Crippen LogP contribution in [0.3, 0.4) is 0 Å². The number of nitrogens with zero attached hydrogens (tertiary/aromatic N) is 2. The Balaban J connectivity index is 2.22. The van der Waals surface area contributed by atoms with E-state index in [2.05, 4.69) is 28.8 Å². The summed E-state index contributed by atoms with van der Waals surface area (Å²) < 4.78 is 11.4. The number of anilines is 2. The molecule has 0 aromatic carbocycles. The lowest BCUT2D eigenvalue weighted by Crippen LogP contribution is -2.13. The van der Waals surface area contributed by atoms with E-state index in [4.69, 9.17) is 15.2 Å². The first-order valence-corrected chi connectivity index (χ1v) is 7.52. The summed E-state index contributed by atoms with van der Waals surface area (Å²) in [5.74, 6) is 1.66. The van der Waals surface area contributed by atoms with Crippen molar-refractivity contribution >= 4 is 11.5 Å². The van der Waals surface area contributed by atoms with Crippen LogP contribution < -0.4 is 15.8 Å². The Bertz CT molecular complexity index is 473. The average molecular weight is 292 g/mol. The molecule has 21 heavy (non-hydrogen) atoms. The molecular weight excluding hydrogens is 268 g/mol. The minimum Gasteiger partial charge on any atom is -0.476 e. The first-order chi connectivity index (χ1) is 10.3. The summed E-state index contributed by atoms with van der Waals surface area (Å²) in [6.45, 7) is 7.73. The molecule has 1 aliphatic rings. The summed E-state index contributed by atoms with van der Waals surface area (Å²) in [4.78, 5) is 8.93. The van der Waals surface area contributed by atoms with E-state index in [-0.39, 0.29) is 6.10 Å². The van der Waals surface area contributed by atoms with Crippen molar-refractivity contribution in [2.24, 2.45) is 0 Å². The summed E-state index contributed by atoms with van der Waals surface area (Å²) in [5, 5.41) is 3.13. The second kappa shape index (κ2) is 7.83. The predicted molar refractivity (Wildman–Crippen MR) is 83.5 cm³/mol. The Labute approximate surface area is 125 Å². The first-order valence-electron chi connectivity index (χ1n) is 7.52. The summed E-state index contributed by atoms with van der Waals surface area (Å²) in [7, 11) is 0. The molecule has 0 radical (unpaired) electrons. The Hall–Kier alpha value is -1.82. The minimum absolute atomic E-state index is 0.0663. The molecule has 1 fully saturated rings. The normalized spacial score (nSPS) is 17.7. The Morgan fingerprint density at radius 2 is 2.38 bits per heavy atom. The van der Waals surface area contributed by atoms with E-state index in [1.54, 1.807) is 6.08 Å². The number of hydrogen-bond acceptors (Lipinski definition) is 6. The van der Waals surface area contributed by atoms with Gasteiger partial charge >= 0.3 is 0 Å². The highest BCUT2D eigenvalue weighted by molar-refractivity contribution is 5.67. The standard InChI is InChI=1S/C15H24N4O2/c1-3-5-9-21-15-12(16)14(17-8-4-2)18-13(19-15)11-7-6-10-20-11/h4,11H,2-3,5-10,16H2,1H3,(H,17,18,19). The molecule has 1 aliphatic heterocycles. The highest BCUT2D eigenvalue weighted by atomic mass is 16.5. The maximum absolute atomic E-state index is 6.09. The van der Waals surface area contributed by atoms with Crippen molar-refractivity contribution in [2.75, 3.05) is 30.8 Å². The van der Waals surface area contributed by atoms with E-state index in [9.17, 15) is 0 Å². The highest BCUT2D eigenvalue weighted by Crippen LogP contribution is 2.32. The molecule has 0 bridgehead atoms. The zero-order valence-corrected chi connectivity index (χ0v) is 12.6. The third-order valence-electron chi connectivity index (χ3n) is 3.30. The molecule has 1 aromatic heterocycles. The van der Waals surface area contributed by atoms with E-state index < -0.39 is 0 Å². The topological polar surface area (TPSA) is 82.3 Å². The van der Waals surface area contributed by atoms with Crippen LogP contribution in [0, 0.1) is 0 Å². The number of rotatable bonds is 8. The number of hydrogen-bond donors (Lipinski definition) is 2. The van der Waals surface area contributed by atoms with Gasteiger partial charge in [-0.25, -0.2) is 4.98 Å². The van der Waals surface area contributed by atoms with E-state index in [0.29, 0.717) is 36.4 Å². The predicted octanol–water partition coefficient (Wildman–Crippen LogP) is 2.69. The van der Waals surface area contributed by atoms with Gasteiger partial charge in [-0.1, -0.05) is 19.4 Å². The summed E-state index contributed by atoms with van der Waals surface area (Å²) in [5.41, 5.74) is 6.53. The van der Waals surface area contributed by atoms with E-state index in [1.165, 1.54) is 0 Å². The van der Waals surface area contributed by atoms with Crippen LogP contribution in [0.25, 0.3) is 0 Å². The molecule has 1 unspecified atom stereocenters. The van der Waals surface area contributed by atoms with Crippen molar-refractivity contribution in [1.29, 1.82) is 0 Å². The number of unbranched alkanes of at least 4 members (excludes halogenated alkanes) is 1. The molecule has 0 saturated carbocycles. The highest BCUT2D eigenvalue weighted by Gasteiger charge is 2.23. The van der Waals surface area contributed by atoms with E-state index >= 15 is 0 Å². The van der Waals surface area contributed by atoms with Crippen LogP contribution in [0.2, 0.25) is 0 Å². The third-order valence-corrected chi connectivity index (χ3v) is 3.30. The number of aromatic nitrogens is 2. The zero-order valence-electron chi connectivity index (χ0n) is 12.6. The number of nitrogens with two attached hydrogens (primary N) is 1. The summed E-state index contributed by atoms with van der Waals surface area (Å²) in [6, 6.07) is 0. The lowest BCUT2D eigenvalue weighted by atomic mass is 10.2. The lowest BCUT2D eigenvalue weighted by molar-refractivity contribution is 0.104. The van der Waals surface area contributed by atoms with Crippen molar-refractivity contribution in [3.8, 4) is 5.88 Å². The molecule has 0 amide bonds. The van der Waals surface area contributed by atoms with Gasteiger partial charge in [0.05, 0.1) is 6.61 Å². The van der Waals surface area contributed by atoms with Gasteiger partial charge in [0.25, 0.3) is 0 Å². The van der Waals surface area contributed by atoms with Crippen molar-refractivity contribution in [1.82, 2.24) is 9.97 Å². The number of nitrogen functional groups attached to an aromatic ring is 1. The van der Waals surface area contributed by atoms with Gasteiger partial charge in [0.1, 0.15) is 11.8 Å². The van der Waals surface area contributed by atoms with Crippen molar-refractivity contribution in [3.05, 3.63) is 18.5 Å². The zero-order chi connectivity index (χ0) is 15.1. The molecule has 1 aromatic rings. The molecule has 6 nitrogen and oxygen atoms in total. The first kappa shape index (κ1) is 15.6. The van der Waals surface area contributed by atoms with Gasteiger partial charge in [-0.3, -0.25) is 0 Å². The van der Waals surface area contributed by atoms with Gasteiger partial charge in [0.15, 0.2) is 11.6 Å². The molecule has 3 N–H and O–H groups in total. The van der Waals surface area contributed by atoms with Gasteiger partial charge in [0, 0.05) is 13.2 Å². The van der Waals surface area contributed by atoms with Gasteiger partial charge in [-0.15, -0.1) is 6.58 Å². The molecule has 6 heteroatoms. The van der Waals surface area contributed by atoms with Crippen LogP contribution in [-0.2, 0) is 4.74 Å². The molecule has 116 valence electrons. The fourth-order valence-corrected chi connectivity index (χ4v) is 2.12. The fraction of sp³-hybridized carbons (Fsp3) is 0.600. The summed E-state index contributed by atoms with van der Waals surface area (Å²) in [6.07, 6.45) is 5.67. The quantitative estimate of drug-likeness (QED) is 0.566. The number of nitrogens with one attached hydrogen (secondary N) is 1. The van der Waals surface area contributed by atoms with Crippen LogP contribution in [0.4, 0.5) is 11.5 Å². The lowest BCUT2D eigenvalue weighted by Gasteiger charge is -2.15. The van der Waals surface area contributed by atoms with Crippen LogP contribution in [0.5, 0.6) is 5.88 Å². The van der Waals surface area contributed by atoms with Crippen LogP contribution in [-0.4, -0.2) is 29.7 Å². The molecule has 2 rings (SSSR count). The largest absolute Gasteiger partial charge is 0.476 e. The second-order valence-corrected chi connectivity index (χ2v) is 5.02. The average Bonchev–Trinajstić information content (AvgIpc) is 3.02. The molecule has 1 saturated heterocycles. The van der Waals surface area contributed by atoms with Gasteiger partial charge in [0.2, 0.25) is 5.88 Å². The van der Waals surface area contributed by atoms with Crippen molar-refractivity contribution in [3.63, 3.8) is 0 Å². The van der Waals surface area contributed by atoms with Crippen molar-refractivity contribution in [2.45, 2.75) is 38.7 Å². The molecule has 0 spiro atoms. The van der Waals surface area contributed by atoms with Gasteiger partial charge < -0.3 is 20.5 Å². The maximum Gasteiger partial charge on any atom is 0.242 e. The maximum atomic E-state index is 6.09. The molecule has 0 aliphatic carbocycles. The van der Waals surface area contributed by atoms with Gasteiger partial charge in [-0.2, -0.15) is 4.98 Å². The van der Waals surface area contributed by atoms with Crippen LogP contribution in [0.15, 0.2) is 12.7 Å². The Morgan fingerprint density at radius 3 is 3.05 bits per heavy atom. The monoisotopic (exact) mass is 292 g/mol. The van der Waals surface area contributed by atoms with Crippen LogP contribution >= 0.6 is 0 Å². The second-order valence-electron chi connectivity index (χ2n) is 5.02. The van der Waals surface area contributed by atoms with E-state index in [0.717, 1.165) is 32.3 Å². The smallest absolute Gasteiger partial charge is 0.242 e. The minimum atomic E-state index is -0.0663. The fourth-order valence-electron chi connectivity index (χ4n) is 2.12. The Morgan fingerprint density at radius 1 is 1.52 bits per heavy atom. The molecule has 1 atom stereocenters. The molecule has 2 heterocycles. The van der Waals surface area contributed by atoms with Crippen LogP contribution in [0.1, 0.15) is 44.5 Å². The third kappa shape index (κ3) is 4.07. The van der Waals surface area contributed by atoms with Gasteiger partial charge in [-0.05, 0) is 19.3 Å². The van der Waals surface area contributed by atoms with Crippen molar-refractivity contribution < 1.29 is 9.47 Å².